The first-order chi connectivity index (χ1) is 19.5. The van der Waals surface area contributed by atoms with Crippen LogP contribution in [0.4, 0.5) is 4.79 Å². The van der Waals surface area contributed by atoms with Crippen molar-refractivity contribution in [2.75, 3.05) is 6.61 Å². The van der Waals surface area contributed by atoms with E-state index in [9.17, 15) is 14.9 Å². The third-order valence-corrected chi connectivity index (χ3v) is 7.88. The standard InChI is InChI=1S/C32H38BrN3O5/c1-7-10-20-13-25-29(26(37)14-20)28(23(17-34)19(3)35-25)21-15-24(33)30(27(16-21)39-8-2)40-18-22-11-9-12-36(22)31(38)41-32(4,5)6/h9,11-12,15-16,20,23,28H,7-8,10,13-14,18H2,1-6H3. The molecule has 3 unspecified atom stereocenters. The summed E-state index contributed by atoms with van der Waals surface area (Å²) in [5, 5.41) is 10.2. The lowest BCUT2D eigenvalue weighted by molar-refractivity contribution is -0.117. The average Bonchev–Trinajstić information content (AvgIpc) is 3.35. The zero-order valence-electron chi connectivity index (χ0n) is 24.6. The molecule has 8 nitrogen and oxygen atoms in total. The van der Waals surface area contributed by atoms with Gasteiger partial charge in [-0.3, -0.25) is 14.4 Å². The van der Waals surface area contributed by atoms with Crippen molar-refractivity contribution in [3.63, 3.8) is 0 Å². The lowest BCUT2D eigenvalue weighted by atomic mass is 9.70. The SMILES string of the molecule is CCCC1CC(=O)C2=C(C1)N=C(C)C(C#N)C2c1cc(Br)c(OCc2cccn2C(=O)OC(C)(C)C)c(OCC)c1. The van der Waals surface area contributed by atoms with E-state index in [2.05, 4.69) is 28.9 Å². The maximum Gasteiger partial charge on any atom is 0.418 e. The van der Waals surface area contributed by atoms with Gasteiger partial charge in [-0.1, -0.05) is 13.3 Å². The van der Waals surface area contributed by atoms with E-state index in [1.54, 1.807) is 18.3 Å². The number of Topliss-reactive ketones (excluding diaryl/α,β-unsaturated/α-hetero) is 1. The van der Waals surface area contributed by atoms with Gasteiger partial charge in [-0.25, -0.2) is 4.79 Å². The van der Waals surface area contributed by atoms with Gasteiger partial charge in [-0.15, -0.1) is 0 Å². The highest BCUT2D eigenvalue weighted by Gasteiger charge is 2.41. The van der Waals surface area contributed by atoms with Crippen LogP contribution in [0.5, 0.6) is 11.5 Å². The normalized spacial score (nSPS) is 20.7. The molecule has 1 aromatic carbocycles. The topological polar surface area (TPSA) is 103 Å². The summed E-state index contributed by atoms with van der Waals surface area (Å²) in [5.41, 5.74) is 2.96. The number of ether oxygens (including phenoxy) is 3. The van der Waals surface area contributed by atoms with Crippen molar-refractivity contribution in [2.24, 2.45) is 16.8 Å². The second-order valence-corrected chi connectivity index (χ2v) is 12.4. The van der Waals surface area contributed by atoms with Crippen LogP contribution in [0, 0.1) is 23.2 Å². The smallest absolute Gasteiger partial charge is 0.418 e. The first-order valence-electron chi connectivity index (χ1n) is 14.2. The lowest BCUT2D eigenvalue weighted by Gasteiger charge is -2.35. The van der Waals surface area contributed by atoms with Gasteiger partial charge >= 0.3 is 6.09 Å². The van der Waals surface area contributed by atoms with Crippen molar-refractivity contribution >= 4 is 33.5 Å². The summed E-state index contributed by atoms with van der Waals surface area (Å²) in [4.78, 5) is 30.9. The van der Waals surface area contributed by atoms with Crippen LogP contribution in [-0.4, -0.2) is 34.4 Å². The largest absolute Gasteiger partial charge is 0.490 e. The van der Waals surface area contributed by atoms with Crippen molar-refractivity contribution in [3.05, 3.63) is 57.5 Å². The molecule has 0 saturated carbocycles. The zero-order valence-corrected chi connectivity index (χ0v) is 26.2. The number of aliphatic imine (C=N–C) groups is 1. The molecular weight excluding hydrogens is 586 g/mol. The Balaban J connectivity index is 1.68. The minimum absolute atomic E-state index is 0.0727. The highest BCUT2D eigenvalue weighted by Crippen LogP contribution is 2.48. The summed E-state index contributed by atoms with van der Waals surface area (Å²) in [6.45, 7) is 11.8. The molecule has 2 aliphatic rings. The molecule has 0 saturated heterocycles. The number of ketones is 1. The van der Waals surface area contributed by atoms with Gasteiger partial charge in [0.25, 0.3) is 0 Å². The van der Waals surface area contributed by atoms with Crippen LogP contribution in [0.2, 0.25) is 0 Å². The van der Waals surface area contributed by atoms with Gasteiger partial charge in [0.1, 0.15) is 12.2 Å². The van der Waals surface area contributed by atoms with E-state index < -0.39 is 23.5 Å². The number of rotatable bonds is 8. The molecule has 2 aromatic rings. The molecule has 1 aliphatic carbocycles. The Morgan fingerprint density at radius 3 is 2.63 bits per heavy atom. The van der Waals surface area contributed by atoms with Crippen LogP contribution >= 0.6 is 15.9 Å². The molecule has 0 radical (unpaired) electrons. The molecule has 41 heavy (non-hydrogen) atoms. The van der Waals surface area contributed by atoms with E-state index in [4.69, 9.17) is 19.2 Å². The van der Waals surface area contributed by atoms with Crippen LogP contribution in [0.1, 0.15) is 84.4 Å². The summed E-state index contributed by atoms with van der Waals surface area (Å²) in [6, 6.07) is 9.72. The molecular formula is C32H38BrN3O5. The van der Waals surface area contributed by atoms with Crippen LogP contribution in [0.25, 0.3) is 0 Å². The van der Waals surface area contributed by atoms with Gasteiger partial charge in [0.05, 0.1) is 28.8 Å². The Morgan fingerprint density at radius 1 is 1.22 bits per heavy atom. The lowest BCUT2D eigenvalue weighted by Crippen LogP contribution is -2.32. The van der Waals surface area contributed by atoms with Crippen LogP contribution in [0.3, 0.4) is 0 Å². The Morgan fingerprint density at radius 2 is 1.98 bits per heavy atom. The van der Waals surface area contributed by atoms with Crippen LogP contribution < -0.4 is 9.47 Å². The number of carbonyl (C=O) groups excluding carboxylic acids is 2. The highest BCUT2D eigenvalue weighted by molar-refractivity contribution is 9.10. The monoisotopic (exact) mass is 623 g/mol. The molecule has 0 spiro atoms. The maximum atomic E-state index is 13.5. The molecule has 2 heterocycles. The van der Waals surface area contributed by atoms with Crippen molar-refractivity contribution in [2.45, 2.75) is 85.4 Å². The number of hydrogen-bond acceptors (Lipinski definition) is 7. The number of aromatic nitrogens is 1. The number of allylic oxidation sites excluding steroid dienone is 2. The van der Waals surface area contributed by atoms with E-state index in [1.807, 2.05) is 46.8 Å². The summed E-state index contributed by atoms with van der Waals surface area (Å²) in [5.74, 6) is 0.293. The minimum atomic E-state index is -0.629. The van der Waals surface area contributed by atoms with Gasteiger partial charge in [-0.05, 0) is 99.1 Å². The summed E-state index contributed by atoms with van der Waals surface area (Å²) in [7, 11) is 0. The fourth-order valence-electron chi connectivity index (χ4n) is 5.62. The number of nitrogens with zero attached hydrogens (tertiary/aromatic N) is 3. The number of hydrogen-bond donors (Lipinski definition) is 0. The van der Waals surface area contributed by atoms with Crippen molar-refractivity contribution in [1.82, 2.24) is 4.57 Å². The second kappa shape index (κ2) is 12.6. The van der Waals surface area contributed by atoms with Gasteiger partial charge in [0, 0.05) is 35.5 Å². The Hall–Kier alpha value is -3.38. The quantitative estimate of drug-likeness (QED) is 0.298. The van der Waals surface area contributed by atoms with Gasteiger partial charge in [-0.2, -0.15) is 5.26 Å². The van der Waals surface area contributed by atoms with Gasteiger partial charge < -0.3 is 14.2 Å². The van der Waals surface area contributed by atoms with Crippen molar-refractivity contribution in [3.8, 4) is 17.6 Å². The van der Waals surface area contributed by atoms with Gasteiger partial charge in [0.2, 0.25) is 0 Å². The first kappa shape index (κ1) is 30.6. The van der Waals surface area contributed by atoms with Crippen LogP contribution in [-0.2, 0) is 16.1 Å². The zero-order chi connectivity index (χ0) is 29.9. The third-order valence-electron chi connectivity index (χ3n) is 7.29. The maximum absolute atomic E-state index is 13.5. The van der Waals surface area contributed by atoms with E-state index in [1.165, 1.54) is 4.57 Å². The summed E-state index contributed by atoms with van der Waals surface area (Å²) in [6.07, 6.45) is 4.38. The molecule has 0 bridgehead atoms. The fourth-order valence-corrected chi connectivity index (χ4v) is 6.19. The number of halogens is 1. The predicted molar refractivity (Wildman–Crippen MR) is 160 cm³/mol. The molecule has 0 N–H and O–H groups in total. The number of benzene rings is 1. The van der Waals surface area contributed by atoms with Crippen molar-refractivity contribution < 1.29 is 23.8 Å². The first-order valence-corrected chi connectivity index (χ1v) is 15.0. The Labute approximate surface area is 250 Å². The summed E-state index contributed by atoms with van der Waals surface area (Å²) < 4.78 is 19.8. The minimum Gasteiger partial charge on any atom is -0.490 e. The van der Waals surface area contributed by atoms with Crippen molar-refractivity contribution in [1.29, 1.82) is 5.26 Å². The van der Waals surface area contributed by atoms with E-state index in [0.717, 1.165) is 36.2 Å². The van der Waals surface area contributed by atoms with E-state index in [0.29, 0.717) is 40.3 Å². The van der Waals surface area contributed by atoms with E-state index >= 15 is 0 Å². The molecule has 218 valence electrons. The molecule has 0 amide bonds. The van der Waals surface area contributed by atoms with Gasteiger partial charge in [0.15, 0.2) is 17.3 Å². The Kier molecular flexibility index (Phi) is 9.43. The van der Waals surface area contributed by atoms with E-state index in [-0.39, 0.29) is 18.3 Å². The highest BCUT2D eigenvalue weighted by atomic mass is 79.9. The number of carbonyl (C=O) groups is 2. The summed E-state index contributed by atoms with van der Waals surface area (Å²) >= 11 is 3.66. The second-order valence-electron chi connectivity index (χ2n) is 11.6. The molecule has 0 fully saturated rings. The average molecular weight is 625 g/mol. The predicted octanol–water partition coefficient (Wildman–Crippen LogP) is 7.74. The fraction of sp³-hybridized carbons (Fsp3) is 0.500. The molecule has 9 heteroatoms. The third kappa shape index (κ3) is 6.75. The van der Waals surface area contributed by atoms with Crippen LogP contribution in [0.15, 0.2) is 51.2 Å². The number of nitriles is 1. The Bertz CT molecular complexity index is 1430. The molecule has 4 rings (SSSR count). The molecule has 1 aromatic heterocycles. The molecule has 3 atom stereocenters. The molecule has 1 aliphatic heterocycles.